The number of hydrogen-bond donors (Lipinski definition) is 1. The van der Waals surface area contributed by atoms with Crippen LogP contribution in [0.4, 0.5) is 0 Å². The highest BCUT2D eigenvalue weighted by atomic mass is 16.5. The Morgan fingerprint density at radius 3 is 2.50 bits per heavy atom. The van der Waals surface area contributed by atoms with Crippen LogP contribution in [0.1, 0.15) is 52.4 Å². The van der Waals surface area contributed by atoms with Crippen LogP contribution in [0, 0.1) is 5.41 Å². The number of rotatable bonds is 1. The molecule has 1 aliphatic carbocycles. The van der Waals surface area contributed by atoms with Crippen LogP contribution in [0.2, 0.25) is 0 Å². The highest BCUT2D eigenvalue weighted by Gasteiger charge is 2.51. The van der Waals surface area contributed by atoms with Gasteiger partial charge in [0.2, 0.25) is 0 Å². The predicted octanol–water partition coefficient (Wildman–Crippen LogP) is 2.50. The summed E-state index contributed by atoms with van der Waals surface area (Å²) in [6, 6.07) is 0. The molecule has 1 heterocycles. The summed E-state index contributed by atoms with van der Waals surface area (Å²) in [6.45, 7) is 4.83. The second-order valence-corrected chi connectivity index (χ2v) is 5.55. The van der Waals surface area contributed by atoms with E-state index in [-0.39, 0.29) is 18.3 Å². The zero-order valence-electron chi connectivity index (χ0n) is 9.38. The monoisotopic (exact) mass is 198 g/mol. The van der Waals surface area contributed by atoms with Crippen molar-refractivity contribution >= 4 is 0 Å². The van der Waals surface area contributed by atoms with Crippen molar-refractivity contribution in [2.45, 2.75) is 64.1 Å². The second kappa shape index (κ2) is 3.49. The van der Waals surface area contributed by atoms with Crippen LogP contribution in [-0.4, -0.2) is 23.4 Å². The molecule has 2 fully saturated rings. The van der Waals surface area contributed by atoms with E-state index in [0.717, 1.165) is 6.42 Å². The predicted molar refractivity (Wildman–Crippen MR) is 56.2 cm³/mol. The maximum absolute atomic E-state index is 9.18. The van der Waals surface area contributed by atoms with Gasteiger partial charge in [-0.15, -0.1) is 0 Å². The van der Waals surface area contributed by atoms with Gasteiger partial charge in [-0.2, -0.15) is 0 Å². The molecule has 1 saturated heterocycles. The van der Waals surface area contributed by atoms with Crippen LogP contribution in [-0.2, 0) is 4.74 Å². The van der Waals surface area contributed by atoms with Crippen LogP contribution in [0.3, 0.4) is 0 Å². The van der Waals surface area contributed by atoms with Crippen LogP contribution in [0.5, 0.6) is 0 Å². The van der Waals surface area contributed by atoms with Gasteiger partial charge >= 0.3 is 0 Å². The number of aliphatic hydroxyl groups is 1. The molecule has 1 saturated carbocycles. The molecule has 0 aromatic carbocycles. The third kappa shape index (κ3) is 1.49. The highest BCUT2D eigenvalue weighted by Crippen LogP contribution is 2.53. The number of ether oxygens (including phenoxy) is 1. The SMILES string of the molecule is CC1(C)CCCC12CCCC(CO)O2. The Bertz CT molecular complexity index is 212. The molecule has 2 rings (SSSR count). The fourth-order valence-electron chi connectivity index (χ4n) is 3.24. The van der Waals surface area contributed by atoms with Gasteiger partial charge in [-0.05, 0) is 43.9 Å². The largest absolute Gasteiger partial charge is 0.394 e. The van der Waals surface area contributed by atoms with Crippen LogP contribution in [0.25, 0.3) is 0 Å². The van der Waals surface area contributed by atoms with Crippen molar-refractivity contribution in [1.29, 1.82) is 0 Å². The maximum Gasteiger partial charge on any atom is 0.0813 e. The Labute approximate surface area is 86.6 Å². The molecule has 0 amide bonds. The summed E-state index contributed by atoms with van der Waals surface area (Å²) >= 11 is 0. The third-order valence-electron chi connectivity index (χ3n) is 4.32. The van der Waals surface area contributed by atoms with Crippen molar-refractivity contribution in [2.24, 2.45) is 5.41 Å². The molecule has 2 aliphatic rings. The Kier molecular flexibility index (Phi) is 2.61. The molecular formula is C12H22O2. The minimum Gasteiger partial charge on any atom is -0.394 e. The van der Waals surface area contributed by atoms with Crippen LogP contribution in [0.15, 0.2) is 0 Å². The molecule has 2 atom stereocenters. The molecule has 1 aliphatic heterocycles. The topological polar surface area (TPSA) is 29.5 Å². The summed E-state index contributed by atoms with van der Waals surface area (Å²) in [6.07, 6.45) is 7.29. The lowest BCUT2D eigenvalue weighted by molar-refractivity contribution is -0.182. The van der Waals surface area contributed by atoms with Gasteiger partial charge in [0.15, 0.2) is 0 Å². The van der Waals surface area contributed by atoms with Gasteiger partial charge < -0.3 is 9.84 Å². The second-order valence-electron chi connectivity index (χ2n) is 5.55. The van der Waals surface area contributed by atoms with Gasteiger partial charge in [0, 0.05) is 0 Å². The zero-order chi connectivity index (χ0) is 10.2. The molecule has 2 nitrogen and oxygen atoms in total. The molecule has 1 N–H and O–H groups in total. The van der Waals surface area contributed by atoms with E-state index in [1.54, 1.807) is 0 Å². The summed E-state index contributed by atoms with van der Waals surface area (Å²) in [5, 5.41) is 9.18. The van der Waals surface area contributed by atoms with Gasteiger partial charge in [0.25, 0.3) is 0 Å². The van der Waals surface area contributed by atoms with E-state index in [9.17, 15) is 5.11 Å². The Morgan fingerprint density at radius 2 is 1.93 bits per heavy atom. The molecule has 14 heavy (non-hydrogen) atoms. The quantitative estimate of drug-likeness (QED) is 0.701. The van der Waals surface area contributed by atoms with Crippen molar-refractivity contribution < 1.29 is 9.84 Å². The molecule has 1 spiro atoms. The molecular weight excluding hydrogens is 176 g/mol. The van der Waals surface area contributed by atoms with Crippen molar-refractivity contribution in [3.8, 4) is 0 Å². The molecule has 0 aromatic rings. The van der Waals surface area contributed by atoms with Gasteiger partial charge in [0.1, 0.15) is 0 Å². The molecule has 0 bridgehead atoms. The molecule has 0 aromatic heterocycles. The fourth-order valence-corrected chi connectivity index (χ4v) is 3.24. The highest BCUT2D eigenvalue weighted by molar-refractivity contribution is 5.02. The Balaban J connectivity index is 2.14. The number of hydrogen-bond acceptors (Lipinski definition) is 2. The van der Waals surface area contributed by atoms with E-state index in [4.69, 9.17) is 4.74 Å². The molecule has 2 heteroatoms. The third-order valence-corrected chi connectivity index (χ3v) is 4.32. The lowest BCUT2D eigenvalue weighted by Crippen LogP contribution is -2.48. The number of aliphatic hydroxyl groups excluding tert-OH is 1. The van der Waals surface area contributed by atoms with Crippen LogP contribution < -0.4 is 0 Å². The molecule has 2 unspecified atom stereocenters. The van der Waals surface area contributed by atoms with Gasteiger partial charge in [-0.3, -0.25) is 0 Å². The van der Waals surface area contributed by atoms with E-state index in [2.05, 4.69) is 13.8 Å². The normalized spacial score (nSPS) is 41.8. The van der Waals surface area contributed by atoms with Gasteiger partial charge in [-0.1, -0.05) is 13.8 Å². The van der Waals surface area contributed by atoms with E-state index in [1.807, 2.05) is 0 Å². The van der Waals surface area contributed by atoms with E-state index >= 15 is 0 Å². The molecule has 82 valence electrons. The van der Waals surface area contributed by atoms with E-state index in [1.165, 1.54) is 32.1 Å². The first-order valence-corrected chi connectivity index (χ1v) is 5.88. The van der Waals surface area contributed by atoms with Crippen LogP contribution >= 0.6 is 0 Å². The minimum absolute atomic E-state index is 0.0820. The zero-order valence-corrected chi connectivity index (χ0v) is 9.38. The van der Waals surface area contributed by atoms with Crippen molar-refractivity contribution in [3.63, 3.8) is 0 Å². The summed E-state index contributed by atoms with van der Waals surface area (Å²) in [5.74, 6) is 0. The Hall–Kier alpha value is -0.0800. The summed E-state index contributed by atoms with van der Waals surface area (Å²) in [4.78, 5) is 0. The smallest absolute Gasteiger partial charge is 0.0813 e. The van der Waals surface area contributed by atoms with E-state index < -0.39 is 0 Å². The maximum atomic E-state index is 9.18. The Morgan fingerprint density at radius 1 is 1.21 bits per heavy atom. The van der Waals surface area contributed by atoms with Crippen molar-refractivity contribution in [3.05, 3.63) is 0 Å². The van der Waals surface area contributed by atoms with Gasteiger partial charge in [-0.25, -0.2) is 0 Å². The average Bonchev–Trinajstić information content (AvgIpc) is 2.43. The standard InChI is InChI=1S/C12H22O2/c1-11(2)6-4-8-12(11)7-3-5-10(9-13)14-12/h10,13H,3-9H2,1-2H3. The first-order chi connectivity index (χ1) is 6.60. The summed E-state index contributed by atoms with van der Waals surface area (Å²) in [7, 11) is 0. The van der Waals surface area contributed by atoms with Crippen molar-refractivity contribution in [2.75, 3.05) is 6.61 Å². The first-order valence-electron chi connectivity index (χ1n) is 5.88. The summed E-state index contributed by atoms with van der Waals surface area (Å²) < 4.78 is 6.15. The van der Waals surface area contributed by atoms with Crippen molar-refractivity contribution in [1.82, 2.24) is 0 Å². The fraction of sp³-hybridized carbons (Fsp3) is 1.00. The first kappa shape index (κ1) is 10.4. The van der Waals surface area contributed by atoms with Gasteiger partial charge in [0.05, 0.1) is 18.3 Å². The molecule has 0 radical (unpaired) electrons. The van der Waals surface area contributed by atoms with E-state index in [0.29, 0.717) is 5.41 Å². The minimum atomic E-state index is 0.0820. The lowest BCUT2D eigenvalue weighted by Gasteiger charge is -2.47. The lowest BCUT2D eigenvalue weighted by atomic mass is 9.73. The average molecular weight is 198 g/mol. The summed E-state index contributed by atoms with van der Waals surface area (Å²) in [5.41, 5.74) is 0.388.